The highest BCUT2D eigenvalue weighted by atomic mass is 35.5. The number of rotatable bonds is 4. The van der Waals surface area contributed by atoms with Crippen LogP contribution in [0.5, 0.6) is 0 Å². The number of nitrogens with zero attached hydrogens (tertiary/aromatic N) is 2. The minimum Gasteiger partial charge on any atom is -0.337 e. The van der Waals surface area contributed by atoms with E-state index in [9.17, 15) is 9.59 Å². The van der Waals surface area contributed by atoms with Crippen LogP contribution in [0.4, 0.5) is 4.79 Å². The largest absolute Gasteiger partial charge is 0.337 e. The summed E-state index contributed by atoms with van der Waals surface area (Å²) < 4.78 is 1.69. The third kappa shape index (κ3) is 4.31. The zero-order chi connectivity index (χ0) is 12.0. The first-order valence-corrected chi connectivity index (χ1v) is 5.27. The second-order valence-corrected chi connectivity index (χ2v) is 3.44. The summed E-state index contributed by atoms with van der Waals surface area (Å²) in [5, 5.41) is 8.74. The van der Waals surface area contributed by atoms with E-state index in [0.29, 0.717) is 13.0 Å². The molecular weight excluding hydrogens is 232 g/mol. The summed E-state index contributed by atoms with van der Waals surface area (Å²) in [6.45, 7) is 0.415. The predicted molar refractivity (Wildman–Crippen MR) is 59.2 cm³/mol. The maximum absolute atomic E-state index is 11.1. The molecule has 2 N–H and O–H groups in total. The van der Waals surface area contributed by atoms with E-state index in [2.05, 4.69) is 15.7 Å². The number of carbonyl (C=O) groups is 2. The van der Waals surface area contributed by atoms with Crippen LogP contribution in [0, 0.1) is 0 Å². The molecule has 0 radical (unpaired) electrons. The molecule has 0 atom stereocenters. The summed E-state index contributed by atoms with van der Waals surface area (Å²) in [5.74, 6) is -0.745. The van der Waals surface area contributed by atoms with Gasteiger partial charge in [0.1, 0.15) is 5.88 Å². The summed E-state index contributed by atoms with van der Waals surface area (Å²) in [6.07, 6.45) is 2.44. The van der Waals surface area contributed by atoms with Gasteiger partial charge < -0.3 is 5.32 Å². The van der Waals surface area contributed by atoms with Gasteiger partial charge in [-0.2, -0.15) is 5.10 Å². The molecule has 1 aromatic rings. The Kier molecular flexibility index (Phi) is 4.78. The summed E-state index contributed by atoms with van der Waals surface area (Å²) >= 11 is 5.22. The van der Waals surface area contributed by atoms with Gasteiger partial charge in [-0.3, -0.25) is 14.8 Å². The molecule has 0 saturated heterocycles. The van der Waals surface area contributed by atoms with Gasteiger partial charge in [-0.25, -0.2) is 4.79 Å². The normalized spacial score (nSPS) is 9.88. The highest BCUT2D eigenvalue weighted by molar-refractivity contribution is 6.28. The number of carbonyl (C=O) groups excluding carboxylic acids is 2. The number of imide groups is 1. The highest BCUT2D eigenvalue weighted by Gasteiger charge is 2.05. The SMILES string of the molecule is Cn1ccc(CCNC(=O)NC(=O)CCl)n1. The van der Waals surface area contributed by atoms with Gasteiger partial charge in [-0.15, -0.1) is 11.6 Å². The van der Waals surface area contributed by atoms with Gasteiger partial charge in [0, 0.05) is 26.2 Å². The molecular formula is C9H13ClN4O2. The zero-order valence-electron chi connectivity index (χ0n) is 8.86. The van der Waals surface area contributed by atoms with Crippen LogP contribution in [0.15, 0.2) is 12.3 Å². The van der Waals surface area contributed by atoms with Crippen LogP contribution in [0.2, 0.25) is 0 Å². The lowest BCUT2D eigenvalue weighted by molar-refractivity contribution is -0.117. The Balaban J connectivity index is 2.20. The Labute approximate surface area is 98.0 Å². The number of aryl methyl sites for hydroxylation is 1. The van der Waals surface area contributed by atoms with Gasteiger partial charge >= 0.3 is 6.03 Å². The molecule has 0 aliphatic rings. The average molecular weight is 245 g/mol. The van der Waals surface area contributed by atoms with E-state index in [1.165, 1.54) is 0 Å². The molecule has 1 aromatic heterocycles. The second kappa shape index (κ2) is 6.12. The van der Waals surface area contributed by atoms with E-state index in [-0.39, 0.29) is 5.88 Å². The molecule has 0 spiro atoms. The number of aromatic nitrogens is 2. The minimum absolute atomic E-state index is 0.229. The van der Waals surface area contributed by atoms with Crippen molar-refractivity contribution in [2.24, 2.45) is 7.05 Å². The summed E-state index contributed by atoms with van der Waals surface area (Å²) in [4.78, 5) is 21.8. The van der Waals surface area contributed by atoms with Crippen LogP contribution in [0.3, 0.4) is 0 Å². The Bertz CT molecular complexity index is 377. The predicted octanol–water partition coefficient (Wildman–Crippen LogP) is 0.0272. The molecule has 0 fully saturated rings. The Morgan fingerprint density at radius 3 is 2.88 bits per heavy atom. The number of hydrogen-bond donors (Lipinski definition) is 2. The number of nitrogens with one attached hydrogen (secondary N) is 2. The van der Waals surface area contributed by atoms with Gasteiger partial charge in [-0.05, 0) is 6.07 Å². The van der Waals surface area contributed by atoms with Gasteiger partial charge in [0.25, 0.3) is 0 Å². The lowest BCUT2D eigenvalue weighted by Gasteiger charge is -2.03. The van der Waals surface area contributed by atoms with Crippen LogP contribution in [-0.4, -0.2) is 34.1 Å². The van der Waals surface area contributed by atoms with E-state index < -0.39 is 11.9 Å². The molecule has 6 nitrogen and oxygen atoms in total. The number of hydrogen-bond acceptors (Lipinski definition) is 3. The number of alkyl halides is 1. The third-order valence-corrected chi connectivity index (χ3v) is 2.05. The fourth-order valence-corrected chi connectivity index (χ4v) is 1.17. The first kappa shape index (κ1) is 12.5. The van der Waals surface area contributed by atoms with Crippen molar-refractivity contribution in [3.05, 3.63) is 18.0 Å². The molecule has 3 amide bonds. The fourth-order valence-electron chi connectivity index (χ4n) is 1.10. The minimum atomic E-state index is -0.540. The van der Waals surface area contributed by atoms with Gasteiger partial charge in [0.2, 0.25) is 5.91 Å². The van der Waals surface area contributed by atoms with Crippen molar-refractivity contribution in [2.75, 3.05) is 12.4 Å². The monoisotopic (exact) mass is 244 g/mol. The fraction of sp³-hybridized carbons (Fsp3) is 0.444. The quantitative estimate of drug-likeness (QED) is 0.734. The van der Waals surface area contributed by atoms with Crippen molar-refractivity contribution in [1.29, 1.82) is 0 Å². The molecule has 1 heterocycles. The smallest absolute Gasteiger partial charge is 0.321 e. The standard InChI is InChI=1S/C9H13ClN4O2/c1-14-5-3-7(13-14)2-4-11-9(16)12-8(15)6-10/h3,5H,2,4,6H2,1H3,(H2,11,12,15,16). The molecule has 88 valence electrons. The second-order valence-electron chi connectivity index (χ2n) is 3.17. The van der Waals surface area contributed by atoms with Crippen molar-refractivity contribution < 1.29 is 9.59 Å². The van der Waals surface area contributed by atoms with Gasteiger partial charge in [0.05, 0.1) is 5.69 Å². The molecule has 0 aliphatic heterocycles. The van der Waals surface area contributed by atoms with Crippen molar-refractivity contribution in [1.82, 2.24) is 20.4 Å². The first-order chi connectivity index (χ1) is 7.61. The number of halogens is 1. The third-order valence-electron chi connectivity index (χ3n) is 1.81. The van der Waals surface area contributed by atoms with Crippen LogP contribution >= 0.6 is 11.6 Å². The van der Waals surface area contributed by atoms with Crippen molar-refractivity contribution in [3.63, 3.8) is 0 Å². The molecule has 0 bridgehead atoms. The zero-order valence-corrected chi connectivity index (χ0v) is 9.62. The number of urea groups is 1. The summed E-state index contributed by atoms with van der Waals surface area (Å²) in [6, 6.07) is 1.32. The van der Waals surface area contributed by atoms with Crippen LogP contribution in [-0.2, 0) is 18.3 Å². The Hall–Kier alpha value is -1.56. The topological polar surface area (TPSA) is 76.0 Å². The number of amides is 3. The maximum Gasteiger partial charge on any atom is 0.321 e. The van der Waals surface area contributed by atoms with E-state index in [1.807, 2.05) is 19.3 Å². The summed E-state index contributed by atoms with van der Waals surface area (Å²) in [5.41, 5.74) is 0.881. The van der Waals surface area contributed by atoms with Crippen LogP contribution in [0.25, 0.3) is 0 Å². The van der Waals surface area contributed by atoms with E-state index in [0.717, 1.165) is 5.69 Å². The lowest BCUT2D eigenvalue weighted by atomic mass is 10.3. The van der Waals surface area contributed by atoms with Gasteiger partial charge in [0.15, 0.2) is 0 Å². The van der Waals surface area contributed by atoms with E-state index in [4.69, 9.17) is 11.6 Å². The van der Waals surface area contributed by atoms with E-state index in [1.54, 1.807) is 4.68 Å². The molecule has 0 aliphatic carbocycles. The van der Waals surface area contributed by atoms with E-state index >= 15 is 0 Å². The summed E-state index contributed by atoms with van der Waals surface area (Å²) in [7, 11) is 1.82. The van der Waals surface area contributed by atoms with Crippen molar-refractivity contribution in [2.45, 2.75) is 6.42 Å². The molecule has 16 heavy (non-hydrogen) atoms. The Morgan fingerprint density at radius 1 is 1.56 bits per heavy atom. The highest BCUT2D eigenvalue weighted by Crippen LogP contribution is 1.93. The van der Waals surface area contributed by atoms with Crippen molar-refractivity contribution >= 4 is 23.5 Å². The van der Waals surface area contributed by atoms with Crippen LogP contribution < -0.4 is 10.6 Å². The Morgan fingerprint density at radius 2 is 2.31 bits per heavy atom. The molecule has 0 unspecified atom stereocenters. The molecule has 1 rings (SSSR count). The van der Waals surface area contributed by atoms with Crippen molar-refractivity contribution in [3.8, 4) is 0 Å². The van der Waals surface area contributed by atoms with Gasteiger partial charge in [-0.1, -0.05) is 0 Å². The first-order valence-electron chi connectivity index (χ1n) is 4.74. The maximum atomic E-state index is 11.1. The van der Waals surface area contributed by atoms with Crippen LogP contribution in [0.1, 0.15) is 5.69 Å². The lowest BCUT2D eigenvalue weighted by Crippen LogP contribution is -2.40. The molecule has 0 saturated carbocycles. The molecule has 0 aromatic carbocycles. The average Bonchev–Trinajstić information content (AvgIpc) is 2.64. The molecule has 7 heteroatoms.